The largest absolute Gasteiger partial charge is 0.495 e. The molecule has 0 unspecified atom stereocenters. The van der Waals surface area contributed by atoms with E-state index in [1.165, 1.54) is 14.2 Å². The summed E-state index contributed by atoms with van der Waals surface area (Å²) in [6.07, 6.45) is 1.66. The van der Waals surface area contributed by atoms with Crippen molar-refractivity contribution in [1.82, 2.24) is 0 Å². The first-order valence-corrected chi connectivity index (χ1v) is 12.8. The highest BCUT2D eigenvalue weighted by Gasteiger charge is 2.37. The van der Waals surface area contributed by atoms with Crippen LogP contribution in [-0.2, 0) is 11.4 Å². The molecule has 1 heterocycles. The van der Waals surface area contributed by atoms with Crippen molar-refractivity contribution in [3.8, 4) is 17.2 Å². The van der Waals surface area contributed by atoms with Gasteiger partial charge in [0.05, 0.1) is 28.4 Å². The summed E-state index contributed by atoms with van der Waals surface area (Å²) in [6.45, 7) is 0.222. The van der Waals surface area contributed by atoms with Crippen molar-refractivity contribution < 1.29 is 23.8 Å². The van der Waals surface area contributed by atoms with Gasteiger partial charge in [-0.1, -0.05) is 41.4 Å². The Labute approximate surface area is 230 Å². The molecule has 10 heteroatoms. The fourth-order valence-corrected chi connectivity index (χ4v) is 5.47. The van der Waals surface area contributed by atoms with Crippen molar-refractivity contribution in [3.05, 3.63) is 84.2 Å². The summed E-state index contributed by atoms with van der Waals surface area (Å²) >= 11 is 15.2. The molecule has 4 rings (SSSR count). The van der Waals surface area contributed by atoms with Crippen LogP contribution < -0.4 is 19.1 Å². The number of ether oxygens (including phenoxy) is 3. The summed E-state index contributed by atoms with van der Waals surface area (Å²) < 4.78 is 17.6. The molecule has 3 aromatic carbocycles. The van der Waals surface area contributed by atoms with E-state index in [0.717, 1.165) is 25.8 Å². The molecule has 0 aromatic heterocycles. The van der Waals surface area contributed by atoms with Gasteiger partial charge in [0.2, 0.25) is 0 Å². The number of methoxy groups -OCH3 is 2. The minimum Gasteiger partial charge on any atom is -0.495 e. The highest BCUT2D eigenvalue weighted by atomic mass is 127. The summed E-state index contributed by atoms with van der Waals surface area (Å²) in [7, 11) is 3.03. The number of amides is 2. The third kappa shape index (κ3) is 5.55. The standard InChI is InChI=1S/C25H18Cl2INO5S/c1-32-20-6-4-3-5-19(20)29-24(30)22(35-25(29)31)11-14-9-18(28)23(21(10-14)33-2)34-13-15-7-8-16(26)12-17(15)27/h3-12H,13H2,1-2H3/b22-11-. The van der Waals surface area contributed by atoms with E-state index in [0.29, 0.717) is 43.4 Å². The highest BCUT2D eigenvalue weighted by Crippen LogP contribution is 2.41. The van der Waals surface area contributed by atoms with Gasteiger partial charge in [-0.25, -0.2) is 4.90 Å². The molecule has 1 aliphatic rings. The van der Waals surface area contributed by atoms with Crippen LogP contribution in [0.3, 0.4) is 0 Å². The Morgan fingerprint density at radius 3 is 2.46 bits per heavy atom. The zero-order valence-electron chi connectivity index (χ0n) is 18.5. The molecule has 6 nitrogen and oxygen atoms in total. The minimum atomic E-state index is -0.420. The second-order valence-corrected chi connectivity index (χ2v) is 10.2. The maximum Gasteiger partial charge on any atom is 0.298 e. The van der Waals surface area contributed by atoms with Crippen LogP contribution in [0.4, 0.5) is 10.5 Å². The summed E-state index contributed by atoms with van der Waals surface area (Å²) in [4.78, 5) is 27.2. The summed E-state index contributed by atoms with van der Waals surface area (Å²) in [5, 5.41) is 0.659. The van der Waals surface area contributed by atoms with Crippen LogP contribution >= 0.6 is 57.6 Å². The van der Waals surface area contributed by atoms with Crippen molar-refractivity contribution >= 4 is 80.5 Å². The lowest BCUT2D eigenvalue weighted by molar-refractivity contribution is -0.113. The number of hydrogen-bond donors (Lipinski definition) is 0. The van der Waals surface area contributed by atoms with Crippen molar-refractivity contribution in [2.24, 2.45) is 0 Å². The molecule has 1 fully saturated rings. The summed E-state index contributed by atoms with van der Waals surface area (Å²) in [6, 6.07) is 15.7. The van der Waals surface area contributed by atoms with Crippen molar-refractivity contribution in [1.29, 1.82) is 0 Å². The Morgan fingerprint density at radius 1 is 1.00 bits per heavy atom. The number of para-hydroxylation sites is 2. The Bertz CT molecular complexity index is 1350. The van der Waals surface area contributed by atoms with E-state index >= 15 is 0 Å². The van der Waals surface area contributed by atoms with Gasteiger partial charge in [0.1, 0.15) is 12.4 Å². The molecule has 35 heavy (non-hydrogen) atoms. The number of imide groups is 1. The van der Waals surface area contributed by atoms with Crippen LogP contribution in [0.1, 0.15) is 11.1 Å². The van der Waals surface area contributed by atoms with Gasteiger partial charge in [-0.05, 0) is 82.4 Å². The van der Waals surface area contributed by atoms with E-state index in [1.807, 2.05) is 6.07 Å². The predicted octanol–water partition coefficient (Wildman–Crippen LogP) is 7.44. The smallest absolute Gasteiger partial charge is 0.298 e. The first-order chi connectivity index (χ1) is 16.8. The molecule has 0 aliphatic carbocycles. The Kier molecular flexibility index (Phi) is 8.16. The molecule has 0 spiro atoms. The first kappa shape index (κ1) is 25.7. The third-order valence-corrected chi connectivity index (χ3v) is 7.31. The number of halogens is 3. The number of thioether (sulfide) groups is 1. The number of hydrogen-bond acceptors (Lipinski definition) is 6. The molecule has 0 bridgehead atoms. The second kappa shape index (κ2) is 11.1. The Morgan fingerprint density at radius 2 is 1.74 bits per heavy atom. The average molecular weight is 642 g/mol. The SMILES string of the molecule is COc1ccccc1N1C(=O)S/C(=C\c2cc(I)c(OCc3ccc(Cl)cc3Cl)c(OC)c2)C1=O. The van der Waals surface area contributed by atoms with Crippen LogP contribution in [0.25, 0.3) is 6.08 Å². The van der Waals surface area contributed by atoms with Crippen molar-refractivity contribution in [2.75, 3.05) is 19.1 Å². The number of carbonyl (C=O) groups excluding carboxylic acids is 2. The lowest BCUT2D eigenvalue weighted by Crippen LogP contribution is -2.28. The third-order valence-electron chi connectivity index (χ3n) is 5.06. The van der Waals surface area contributed by atoms with Crippen LogP contribution in [0.5, 0.6) is 17.2 Å². The van der Waals surface area contributed by atoms with Gasteiger partial charge in [-0.2, -0.15) is 0 Å². The van der Waals surface area contributed by atoms with E-state index < -0.39 is 11.1 Å². The quantitative estimate of drug-likeness (QED) is 0.197. The lowest BCUT2D eigenvalue weighted by atomic mass is 10.1. The zero-order chi connectivity index (χ0) is 25.1. The van der Waals surface area contributed by atoms with Gasteiger partial charge >= 0.3 is 0 Å². The van der Waals surface area contributed by atoms with Crippen LogP contribution in [0.2, 0.25) is 10.0 Å². The predicted molar refractivity (Wildman–Crippen MR) is 148 cm³/mol. The second-order valence-electron chi connectivity index (χ2n) is 7.25. The zero-order valence-corrected chi connectivity index (χ0v) is 23.0. The van der Waals surface area contributed by atoms with Gasteiger partial charge in [-0.15, -0.1) is 0 Å². The van der Waals surface area contributed by atoms with Crippen molar-refractivity contribution in [2.45, 2.75) is 6.61 Å². The van der Waals surface area contributed by atoms with E-state index in [-0.39, 0.29) is 6.61 Å². The minimum absolute atomic E-state index is 0.222. The molecule has 180 valence electrons. The maximum absolute atomic E-state index is 13.1. The van der Waals surface area contributed by atoms with Crippen LogP contribution in [0, 0.1) is 3.57 Å². The van der Waals surface area contributed by atoms with E-state index in [9.17, 15) is 9.59 Å². The van der Waals surface area contributed by atoms with Gasteiger partial charge in [0.25, 0.3) is 11.1 Å². The molecule has 0 saturated carbocycles. The van der Waals surface area contributed by atoms with E-state index in [1.54, 1.807) is 54.6 Å². The monoisotopic (exact) mass is 641 g/mol. The van der Waals surface area contributed by atoms with Gasteiger partial charge in [0.15, 0.2) is 11.5 Å². The number of benzene rings is 3. The molecule has 1 aliphatic heterocycles. The highest BCUT2D eigenvalue weighted by molar-refractivity contribution is 14.1. The lowest BCUT2D eigenvalue weighted by Gasteiger charge is -2.16. The summed E-state index contributed by atoms with van der Waals surface area (Å²) in [5.74, 6) is 1.04. The van der Waals surface area contributed by atoms with Gasteiger partial charge in [-0.3, -0.25) is 9.59 Å². The van der Waals surface area contributed by atoms with Gasteiger partial charge in [0, 0.05) is 15.6 Å². The topological polar surface area (TPSA) is 65.1 Å². The maximum atomic E-state index is 13.1. The molecule has 0 radical (unpaired) electrons. The van der Waals surface area contributed by atoms with E-state index in [2.05, 4.69) is 22.6 Å². The van der Waals surface area contributed by atoms with Gasteiger partial charge < -0.3 is 14.2 Å². The number of rotatable bonds is 7. The molecular formula is C25H18Cl2INO5S. The van der Waals surface area contributed by atoms with Crippen molar-refractivity contribution in [3.63, 3.8) is 0 Å². The number of nitrogens with zero attached hydrogens (tertiary/aromatic N) is 1. The normalized spacial score (nSPS) is 14.5. The number of carbonyl (C=O) groups is 2. The van der Waals surface area contributed by atoms with Crippen LogP contribution in [-0.4, -0.2) is 25.4 Å². The van der Waals surface area contributed by atoms with Crippen LogP contribution in [0.15, 0.2) is 59.5 Å². The Hall–Kier alpha value is -2.40. The average Bonchev–Trinajstić information content (AvgIpc) is 3.11. The first-order valence-electron chi connectivity index (χ1n) is 10.2. The molecular weight excluding hydrogens is 624 g/mol. The molecule has 0 atom stereocenters. The molecule has 1 saturated heterocycles. The summed E-state index contributed by atoms with van der Waals surface area (Å²) in [5.41, 5.74) is 1.87. The van der Waals surface area contributed by atoms with E-state index in [4.69, 9.17) is 37.4 Å². The Balaban J connectivity index is 1.60. The molecule has 2 amide bonds. The number of anilines is 1. The molecule has 0 N–H and O–H groups in total. The molecule has 3 aromatic rings. The fourth-order valence-electron chi connectivity index (χ4n) is 3.39. The fraction of sp³-hybridized carbons (Fsp3) is 0.120.